The molecule has 27 heavy (non-hydrogen) atoms. The largest absolute Gasteiger partial charge is 0.347 e. The SMILES string of the molecule is O=C(CN1CCc2sccc2[C@H]1c1cccs1)N1CCC2(CC1)OCCO2. The summed E-state index contributed by atoms with van der Waals surface area (Å²) in [5, 5.41) is 4.31. The molecule has 5 heterocycles. The van der Waals surface area contributed by atoms with Crippen molar-refractivity contribution in [2.45, 2.75) is 31.1 Å². The van der Waals surface area contributed by atoms with E-state index in [0.29, 0.717) is 19.8 Å². The quantitative estimate of drug-likeness (QED) is 0.788. The van der Waals surface area contributed by atoms with Crippen LogP contribution in [0.5, 0.6) is 0 Å². The molecule has 1 amide bonds. The lowest BCUT2D eigenvalue weighted by Gasteiger charge is -2.40. The molecule has 2 aromatic heterocycles. The molecule has 2 saturated heterocycles. The molecule has 5 rings (SSSR count). The van der Waals surface area contributed by atoms with Crippen molar-refractivity contribution in [1.29, 1.82) is 0 Å². The third kappa shape index (κ3) is 3.36. The van der Waals surface area contributed by atoms with Crippen LogP contribution >= 0.6 is 22.7 Å². The van der Waals surface area contributed by atoms with Gasteiger partial charge in [0, 0.05) is 42.2 Å². The number of amides is 1. The Morgan fingerprint density at radius 1 is 1.11 bits per heavy atom. The number of nitrogens with zero attached hydrogens (tertiary/aromatic N) is 2. The van der Waals surface area contributed by atoms with Gasteiger partial charge in [-0.3, -0.25) is 9.69 Å². The van der Waals surface area contributed by atoms with E-state index in [1.165, 1.54) is 15.3 Å². The molecule has 0 bridgehead atoms. The molecule has 5 nitrogen and oxygen atoms in total. The van der Waals surface area contributed by atoms with Crippen LogP contribution in [0.15, 0.2) is 29.0 Å². The van der Waals surface area contributed by atoms with E-state index in [4.69, 9.17) is 9.47 Å². The first-order valence-corrected chi connectivity index (χ1v) is 11.4. The van der Waals surface area contributed by atoms with Crippen molar-refractivity contribution in [3.8, 4) is 0 Å². The smallest absolute Gasteiger partial charge is 0.236 e. The number of rotatable bonds is 3. The summed E-state index contributed by atoms with van der Waals surface area (Å²) in [6.07, 6.45) is 2.59. The average molecular weight is 405 g/mol. The molecule has 0 unspecified atom stereocenters. The average Bonchev–Trinajstić information content (AvgIpc) is 3.44. The fourth-order valence-corrected chi connectivity index (χ4v) is 6.26. The highest BCUT2D eigenvalue weighted by molar-refractivity contribution is 7.10. The Morgan fingerprint density at radius 2 is 1.93 bits per heavy atom. The van der Waals surface area contributed by atoms with Gasteiger partial charge in [0.25, 0.3) is 0 Å². The van der Waals surface area contributed by atoms with E-state index in [0.717, 1.165) is 38.9 Å². The highest BCUT2D eigenvalue weighted by Crippen LogP contribution is 2.39. The molecule has 1 atom stereocenters. The molecule has 0 aromatic carbocycles. The van der Waals surface area contributed by atoms with Gasteiger partial charge in [0.15, 0.2) is 5.79 Å². The van der Waals surface area contributed by atoms with Crippen LogP contribution < -0.4 is 0 Å². The predicted molar refractivity (Wildman–Crippen MR) is 106 cm³/mol. The maximum atomic E-state index is 13.0. The van der Waals surface area contributed by atoms with Crippen molar-refractivity contribution in [3.05, 3.63) is 44.3 Å². The Morgan fingerprint density at radius 3 is 2.67 bits per heavy atom. The van der Waals surface area contributed by atoms with E-state index in [1.54, 1.807) is 11.3 Å². The highest BCUT2D eigenvalue weighted by atomic mass is 32.1. The van der Waals surface area contributed by atoms with Crippen molar-refractivity contribution >= 4 is 28.6 Å². The first-order chi connectivity index (χ1) is 13.2. The molecule has 2 fully saturated rings. The van der Waals surface area contributed by atoms with Gasteiger partial charge in [-0.05, 0) is 34.9 Å². The van der Waals surface area contributed by atoms with Gasteiger partial charge in [0.05, 0.1) is 25.8 Å². The van der Waals surface area contributed by atoms with Gasteiger partial charge >= 0.3 is 0 Å². The molecule has 7 heteroatoms. The summed E-state index contributed by atoms with van der Waals surface area (Å²) in [7, 11) is 0. The van der Waals surface area contributed by atoms with Gasteiger partial charge < -0.3 is 14.4 Å². The Bertz CT molecular complexity index is 788. The number of likely N-dealkylation sites (tertiary alicyclic amines) is 1. The second-order valence-corrected chi connectivity index (χ2v) is 9.41. The van der Waals surface area contributed by atoms with Crippen molar-refractivity contribution in [2.75, 3.05) is 39.4 Å². The summed E-state index contributed by atoms with van der Waals surface area (Å²) in [6, 6.07) is 6.74. The van der Waals surface area contributed by atoms with Gasteiger partial charge in [-0.15, -0.1) is 22.7 Å². The van der Waals surface area contributed by atoms with Crippen LogP contribution in [-0.4, -0.2) is 60.9 Å². The fraction of sp³-hybridized carbons (Fsp3) is 0.550. The molecule has 3 aliphatic rings. The second kappa shape index (κ2) is 7.29. The Labute approximate surface area is 167 Å². The molecule has 0 aliphatic carbocycles. The Hall–Kier alpha value is -1.25. The second-order valence-electron chi connectivity index (χ2n) is 7.43. The van der Waals surface area contributed by atoms with Crippen molar-refractivity contribution in [3.63, 3.8) is 0 Å². The number of fused-ring (bicyclic) bond motifs is 1. The van der Waals surface area contributed by atoms with Gasteiger partial charge in [0.2, 0.25) is 5.91 Å². The van der Waals surface area contributed by atoms with Crippen LogP contribution in [0.25, 0.3) is 0 Å². The molecule has 0 radical (unpaired) electrons. The zero-order valence-corrected chi connectivity index (χ0v) is 16.9. The maximum Gasteiger partial charge on any atom is 0.236 e. The summed E-state index contributed by atoms with van der Waals surface area (Å²) in [4.78, 5) is 20.2. The fourth-order valence-electron chi connectivity index (χ4n) is 4.47. The summed E-state index contributed by atoms with van der Waals surface area (Å²) in [5.41, 5.74) is 1.38. The lowest BCUT2D eigenvalue weighted by atomic mass is 9.98. The van der Waals surface area contributed by atoms with E-state index in [2.05, 4.69) is 33.9 Å². The lowest BCUT2D eigenvalue weighted by Crippen LogP contribution is -2.50. The van der Waals surface area contributed by atoms with E-state index >= 15 is 0 Å². The van der Waals surface area contributed by atoms with Crippen LogP contribution in [0.3, 0.4) is 0 Å². The molecule has 0 saturated carbocycles. The number of hydrogen-bond acceptors (Lipinski definition) is 6. The van der Waals surface area contributed by atoms with E-state index < -0.39 is 5.79 Å². The van der Waals surface area contributed by atoms with E-state index in [9.17, 15) is 4.79 Å². The minimum Gasteiger partial charge on any atom is -0.347 e. The summed E-state index contributed by atoms with van der Waals surface area (Å²) >= 11 is 3.62. The Balaban J connectivity index is 1.29. The number of piperidine rings is 1. The predicted octanol–water partition coefficient (Wildman–Crippen LogP) is 3.12. The van der Waals surface area contributed by atoms with Crippen molar-refractivity contribution in [1.82, 2.24) is 9.80 Å². The van der Waals surface area contributed by atoms with Gasteiger partial charge in [-0.2, -0.15) is 0 Å². The molecule has 0 N–H and O–H groups in total. The summed E-state index contributed by atoms with van der Waals surface area (Å²) in [5.74, 6) is -0.199. The number of carbonyl (C=O) groups is 1. The van der Waals surface area contributed by atoms with E-state index in [-0.39, 0.29) is 11.9 Å². The van der Waals surface area contributed by atoms with Crippen molar-refractivity contribution < 1.29 is 14.3 Å². The number of hydrogen-bond donors (Lipinski definition) is 0. The molecule has 1 spiro atoms. The number of thiophene rings is 2. The summed E-state index contributed by atoms with van der Waals surface area (Å²) < 4.78 is 11.6. The Kier molecular flexibility index (Phi) is 4.81. The van der Waals surface area contributed by atoms with Crippen LogP contribution in [0.4, 0.5) is 0 Å². The number of carbonyl (C=O) groups excluding carboxylic acids is 1. The zero-order valence-electron chi connectivity index (χ0n) is 15.3. The molecule has 2 aromatic rings. The third-order valence-corrected chi connectivity index (χ3v) is 7.83. The highest BCUT2D eigenvalue weighted by Gasteiger charge is 2.41. The zero-order chi connectivity index (χ0) is 18.3. The van der Waals surface area contributed by atoms with Crippen molar-refractivity contribution in [2.24, 2.45) is 0 Å². The van der Waals surface area contributed by atoms with Crippen LogP contribution in [0.1, 0.15) is 34.2 Å². The van der Waals surface area contributed by atoms with Crippen LogP contribution in [0.2, 0.25) is 0 Å². The van der Waals surface area contributed by atoms with Gasteiger partial charge in [-0.25, -0.2) is 0 Å². The van der Waals surface area contributed by atoms with Gasteiger partial charge in [0.1, 0.15) is 0 Å². The normalized spacial score (nSPS) is 25.0. The first kappa shape index (κ1) is 17.8. The topological polar surface area (TPSA) is 42.0 Å². The number of ether oxygens (including phenoxy) is 2. The molecule has 3 aliphatic heterocycles. The van der Waals surface area contributed by atoms with Gasteiger partial charge in [-0.1, -0.05) is 6.07 Å². The molecule has 144 valence electrons. The van der Waals surface area contributed by atoms with Crippen LogP contribution in [-0.2, 0) is 20.7 Å². The lowest BCUT2D eigenvalue weighted by molar-refractivity contribution is -0.187. The standard InChI is InChI=1S/C20H24N2O3S2/c23-18(21-8-5-20(6-9-21)24-10-11-25-20)14-22-7-3-16-15(4-13-27-16)19(22)17-2-1-12-26-17/h1-2,4,12-13,19H,3,5-11,14H2/t19-/m0/s1. The maximum absolute atomic E-state index is 13.0. The first-order valence-electron chi connectivity index (χ1n) is 9.64. The monoisotopic (exact) mass is 404 g/mol. The molecular weight excluding hydrogens is 380 g/mol. The van der Waals surface area contributed by atoms with Crippen LogP contribution in [0, 0.1) is 0 Å². The minimum absolute atomic E-state index is 0.210. The van der Waals surface area contributed by atoms with E-state index in [1.807, 2.05) is 16.2 Å². The molecular formula is C20H24N2O3S2. The minimum atomic E-state index is -0.424. The summed E-state index contributed by atoms with van der Waals surface area (Å²) in [6.45, 7) is 4.21. The third-order valence-electron chi connectivity index (χ3n) is 5.91.